The number of nitrogen functional groups attached to an aromatic ring is 1. The lowest BCUT2D eigenvalue weighted by atomic mass is 10.3. The number of aryl methyl sites for hydroxylation is 1. The average molecular weight is 310 g/mol. The first-order chi connectivity index (χ1) is 9.42. The van der Waals surface area contributed by atoms with Gasteiger partial charge in [-0.2, -0.15) is 0 Å². The zero-order valence-electron chi connectivity index (χ0n) is 11.0. The molecule has 2 aromatic rings. The molecule has 20 heavy (non-hydrogen) atoms. The Labute approximate surface area is 121 Å². The Balaban J connectivity index is 2.29. The SMILES string of the molecule is CNS(=O)(=O)c1ccc(Sc2ncc(C)cn2)c(N)c1. The lowest BCUT2D eigenvalue weighted by molar-refractivity contribution is 0.588. The second-order valence-corrected chi connectivity index (χ2v) is 6.95. The van der Waals surface area contributed by atoms with Crippen molar-refractivity contribution < 1.29 is 8.42 Å². The molecular formula is C12H14N4O2S2. The van der Waals surface area contributed by atoms with E-state index in [2.05, 4.69) is 14.7 Å². The van der Waals surface area contributed by atoms with Gasteiger partial charge in [0.25, 0.3) is 0 Å². The van der Waals surface area contributed by atoms with Crippen molar-refractivity contribution in [1.82, 2.24) is 14.7 Å². The van der Waals surface area contributed by atoms with Crippen molar-refractivity contribution in [1.29, 1.82) is 0 Å². The fourth-order valence-corrected chi connectivity index (χ4v) is 2.92. The van der Waals surface area contributed by atoms with Crippen LogP contribution in [0.15, 0.2) is 45.5 Å². The van der Waals surface area contributed by atoms with Crippen molar-refractivity contribution in [2.45, 2.75) is 21.9 Å². The minimum Gasteiger partial charge on any atom is -0.398 e. The summed E-state index contributed by atoms with van der Waals surface area (Å²) in [7, 11) is -2.13. The van der Waals surface area contributed by atoms with Gasteiger partial charge < -0.3 is 5.73 Å². The third-order valence-corrected chi connectivity index (χ3v) is 4.92. The maximum Gasteiger partial charge on any atom is 0.240 e. The van der Waals surface area contributed by atoms with Gasteiger partial charge in [-0.25, -0.2) is 23.1 Å². The van der Waals surface area contributed by atoms with E-state index >= 15 is 0 Å². The number of rotatable bonds is 4. The van der Waals surface area contributed by atoms with E-state index in [4.69, 9.17) is 5.73 Å². The number of anilines is 1. The molecule has 1 aromatic heterocycles. The van der Waals surface area contributed by atoms with Gasteiger partial charge in [0.2, 0.25) is 10.0 Å². The summed E-state index contributed by atoms with van der Waals surface area (Å²) in [5.41, 5.74) is 7.22. The summed E-state index contributed by atoms with van der Waals surface area (Å²) in [5.74, 6) is 0. The summed E-state index contributed by atoms with van der Waals surface area (Å²) >= 11 is 1.29. The smallest absolute Gasteiger partial charge is 0.240 e. The summed E-state index contributed by atoms with van der Waals surface area (Å²) in [5, 5.41) is 0.562. The minimum atomic E-state index is -3.49. The zero-order chi connectivity index (χ0) is 14.8. The van der Waals surface area contributed by atoms with Gasteiger partial charge in [0.1, 0.15) is 0 Å². The van der Waals surface area contributed by atoms with Crippen molar-refractivity contribution in [3.05, 3.63) is 36.2 Å². The van der Waals surface area contributed by atoms with E-state index in [-0.39, 0.29) is 4.90 Å². The van der Waals surface area contributed by atoms with Gasteiger partial charge in [0, 0.05) is 23.0 Å². The first-order valence-electron chi connectivity index (χ1n) is 5.72. The second kappa shape index (κ2) is 5.78. The van der Waals surface area contributed by atoms with Crippen LogP contribution >= 0.6 is 11.8 Å². The van der Waals surface area contributed by atoms with Crippen LogP contribution in [0.1, 0.15) is 5.56 Å². The van der Waals surface area contributed by atoms with E-state index < -0.39 is 10.0 Å². The maximum absolute atomic E-state index is 11.7. The summed E-state index contributed by atoms with van der Waals surface area (Å²) < 4.78 is 25.6. The Hall–Kier alpha value is -1.64. The molecule has 0 fully saturated rings. The molecule has 1 aromatic carbocycles. The number of aromatic nitrogens is 2. The third-order valence-electron chi connectivity index (χ3n) is 2.52. The molecule has 0 bridgehead atoms. The van der Waals surface area contributed by atoms with E-state index in [0.717, 1.165) is 5.56 Å². The number of hydrogen-bond donors (Lipinski definition) is 2. The van der Waals surface area contributed by atoms with Crippen LogP contribution in [-0.4, -0.2) is 25.4 Å². The van der Waals surface area contributed by atoms with Crippen LogP contribution in [0.3, 0.4) is 0 Å². The molecule has 0 amide bonds. The second-order valence-electron chi connectivity index (χ2n) is 4.05. The molecule has 2 rings (SSSR count). The largest absolute Gasteiger partial charge is 0.398 e. The Morgan fingerprint density at radius 1 is 1.25 bits per heavy atom. The van der Waals surface area contributed by atoms with Gasteiger partial charge in [-0.1, -0.05) is 0 Å². The van der Waals surface area contributed by atoms with E-state index in [1.54, 1.807) is 18.5 Å². The minimum absolute atomic E-state index is 0.131. The lowest BCUT2D eigenvalue weighted by Crippen LogP contribution is -2.18. The quantitative estimate of drug-likeness (QED) is 0.655. The molecule has 0 atom stereocenters. The molecule has 1 heterocycles. The van der Waals surface area contributed by atoms with E-state index in [9.17, 15) is 8.42 Å². The standard InChI is InChI=1S/C12H14N4O2S2/c1-8-6-15-12(16-7-8)19-11-4-3-9(5-10(11)13)20(17,18)14-2/h3-7,14H,13H2,1-2H3. The Bertz CT molecular complexity index is 715. The van der Waals surface area contributed by atoms with Gasteiger partial charge in [-0.3, -0.25) is 0 Å². The molecular weight excluding hydrogens is 296 g/mol. The van der Waals surface area contributed by atoms with Crippen molar-refractivity contribution in [3.8, 4) is 0 Å². The van der Waals surface area contributed by atoms with Crippen LogP contribution in [0.4, 0.5) is 5.69 Å². The number of sulfonamides is 1. The highest BCUT2D eigenvalue weighted by Gasteiger charge is 2.13. The molecule has 106 valence electrons. The number of nitrogens with two attached hydrogens (primary N) is 1. The van der Waals surface area contributed by atoms with Gasteiger partial charge in [0.05, 0.1) is 4.90 Å². The topological polar surface area (TPSA) is 98.0 Å². The van der Waals surface area contributed by atoms with Crippen molar-refractivity contribution in [2.75, 3.05) is 12.8 Å². The number of nitrogens with zero attached hydrogens (tertiary/aromatic N) is 2. The molecule has 0 saturated heterocycles. The predicted molar refractivity (Wildman–Crippen MR) is 78.0 cm³/mol. The van der Waals surface area contributed by atoms with Crippen LogP contribution in [0.2, 0.25) is 0 Å². The Kier molecular flexibility index (Phi) is 4.26. The number of hydrogen-bond acceptors (Lipinski definition) is 6. The first kappa shape index (κ1) is 14.8. The van der Waals surface area contributed by atoms with Gasteiger partial charge in [-0.15, -0.1) is 0 Å². The Morgan fingerprint density at radius 2 is 1.90 bits per heavy atom. The maximum atomic E-state index is 11.7. The van der Waals surface area contributed by atoms with Crippen LogP contribution in [0.5, 0.6) is 0 Å². The highest BCUT2D eigenvalue weighted by Crippen LogP contribution is 2.31. The zero-order valence-corrected chi connectivity index (χ0v) is 12.6. The normalized spacial score (nSPS) is 11.5. The monoisotopic (exact) mass is 310 g/mol. The summed E-state index contributed by atoms with van der Waals surface area (Å²) in [6, 6.07) is 4.56. The molecule has 3 N–H and O–H groups in total. The third kappa shape index (κ3) is 3.27. The summed E-state index contributed by atoms with van der Waals surface area (Å²) in [4.78, 5) is 9.18. The fourth-order valence-electron chi connectivity index (χ4n) is 1.44. The molecule has 0 aliphatic carbocycles. The van der Waals surface area contributed by atoms with Gasteiger partial charge >= 0.3 is 0 Å². The highest BCUT2D eigenvalue weighted by molar-refractivity contribution is 7.99. The van der Waals surface area contributed by atoms with E-state index in [1.165, 1.54) is 30.9 Å². The molecule has 0 spiro atoms. The molecule has 0 unspecified atom stereocenters. The van der Waals surface area contributed by atoms with Crippen LogP contribution in [-0.2, 0) is 10.0 Å². The van der Waals surface area contributed by atoms with E-state index in [0.29, 0.717) is 15.7 Å². The van der Waals surface area contributed by atoms with Gasteiger partial charge in [-0.05, 0) is 49.5 Å². The lowest BCUT2D eigenvalue weighted by Gasteiger charge is -2.07. The van der Waals surface area contributed by atoms with Gasteiger partial charge in [0.15, 0.2) is 5.16 Å². The first-order valence-corrected chi connectivity index (χ1v) is 8.02. The summed E-state index contributed by atoms with van der Waals surface area (Å²) in [6.07, 6.45) is 3.43. The molecule has 8 heteroatoms. The van der Waals surface area contributed by atoms with Crippen LogP contribution in [0, 0.1) is 6.92 Å². The van der Waals surface area contributed by atoms with Crippen molar-refractivity contribution in [2.24, 2.45) is 0 Å². The highest BCUT2D eigenvalue weighted by atomic mass is 32.2. The molecule has 0 radical (unpaired) electrons. The fraction of sp³-hybridized carbons (Fsp3) is 0.167. The van der Waals surface area contributed by atoms with E-state index in [1.807, 2.05) is 6.92 Å². The number of benzene rings is 1. The van der Waals surface area contributed by atoms with Crippen LogP contribution < -0.4 is 10.5 Å². The average Bonchev–Trinajstić information content (AvgIpc) is 2.43. The number of nitrogens with one attached hydrogen (secondary N) is 1. The molecule has 0 aliphatic heterocycles. The summed E-state index contributed by atoms with van der Waals surface area (Å²) in [6.45, 7) is 1.90. The predicted octanol–water partition coefficient (Wildman–Crippen LogP) is 1.43. The Morgan fingerprint density at radius 3 is 2.45 bits per heavy atom. The molecule has 6 nitrogen and oxygen atoms in total. The molecule has 0 saturated carbocycles. The van der Waals surface area contributed by atoms with Crippen LogP contribution in [0.25, 0.3) is 0 Å². The molecule has 0 aliphatic rings. The van der Waals surface area contributed by atoms with Crippen molar-refractivity contribution >= 4 is 27.5 Å². The van der Waals surface area contributed by atoms with Crippen molar-refractivity contribution in [3.63, 3.8) is 0 Å².